The molecule has 9 nitrogen and oxygen atoms in total. The number of aldehydes is 1. The summed E-state index contributed by atoms with van der Waals surface area (Å²) in [6, 6.07) is 13.5. The van der Waals surface area contributed by atoms with Crippen LogP contribution in [0.5, 0.6) is 5.75 Å². The van der Waals surface area contributed by atoms with E-state index in [0.717, 1.165) is 12.5 Å². The lowest BCUT2D eigenvalue weighted by Gasteiger charge is -2.22. The molecule has 188 valence electrons. The maximum Gasteiger partial charge on any atom is 0.156 e. The number of carbonyl (C=O) groups excluding carboxylic acids is 1. The van der Waals surface area contributed by atoms with Crippen molar-refractivity contribution in [2.45, 2.75) is 32.9 Å². The Bertz CT molecular complexity index is 1300. The second-order valence-electron chi connectivity index (χ2n) is 8.66. The lowest BCUT2D eigenvalue weighted by atomic mass is 10.1. The highest BCUT2D eigenvalue weighted by Gasteiger charge is 2.26. The van der Waals surface area contributed by atoms with E-state index in [1.165, 1.54) is 13.1 Å². The molecule has 0 saturated carbocycles. The van der Waals surface area contributed by atoms with E-state index in [2.05, 4.69) is 21.0 Å². The van der Waals surface area contributed by atoms with E-state index < -0.39 is 11.4 Å². The second kappa shape index (κ2) is 11.4. The molecule has 3 aromatic heterocycles. The first-order chi connectivity index (χ1) is 17.3. The molecule has 5 N–H and O–H groups in total. The van der Waals surface area contributed by atoms with Crippen molar-refractivity contribution >= 4 is 23.6 Å². The zero-order valence-electron chi connectivity index (χ0n) is 20.7. The number of hydrogen-bond donors (Lipinski definition) is 3. The number of aromatic nitrogens is 4. The van der Waals surface area contributed by atoms with E-state index in [-0.39, 0.29) is 6.61 Å². The number of rotatable bonds is 7. The van der Waals surface area contributed by atoms with Crippen LogP contribution in [0.3, 0.4) is 0 Å². The maximum absolute atomic E-state index is 13.1. The van der Waals surface area contributed by atoms with Gasteiger partial charge in [-0.2, -0.15) is 5.10 Å². The molecule has 1 aromatic carbocycles. The summed E-state index contributed by atoms with van der Waals surface area (Å²) in [6.45, 7) is 6.09. The van der Waals surface area contributed by atoms with E-state index >= 15 is 0 Å². The number of nitrogen functional groups attached to an aromatic ring is 1. The van der Waals surface area contributed by atoms with E-state index in [1.54, 1.807) is 35.1 Å². The highest BCUT2D eigenvalue weighted by Crippen LogP contribution is 2.36. The van der Waals surface area contributed by atoms with Crippen LogP contribution in [-0.4, -0.2) is 33.1 Å². The Hall–Kier alpha value is -4.31. The van der Waals surface area contributed by atoms with Crippen LogP contribution in [0.4, 0.5) is 21.7 Å². The summed E-state index contributed by atoms with van der Waals surface area (Å²) in [5, 5.41) is 7.99. The fourth-order valence-corrected chi connectivity index (χ4v) is 3.37. The zero-order valence-corrected chi connectivity index (χ0v) is 20.7. The van der Waals surface area contributed by atoms with Crippen molar-refractivity contribution < 1.29 is 13.9 Å². The molecule has 4 aromatic rings. The number of nitrogens with two attached hydrogens (primary N) is 2. The lowest BCUT2D eigenvalue weighted by Crippen LogP contribution is -2.24. The highest BCUT2D eigenvalue weighted by molar-refractivity contribution is 5.93. The summed E-state index contributed by atoms with van der Waals surface area (Å²) in [4.78, 5) is 20.5. The summed E-state index contributed by atoms with van der Waals surface area (Å²) in [5.74, 6) is 1.11. The normalized spacial score (nSPS) is 10.8. The van der Waals surface area contributed by atoms with Crippen molar-refractivity contribution in [3.63, 3.8) is 0 Å². The van der Waals surface area contributed by atoms with Crippen molar-refractivity contribution in [2.75, 3.05) is 18.1 Å². The van der Waals surface area contributed by atoms with Crippen LogP contribution >= 0.6 is 0 Å². The average Bonchev–Trinajstić information content (AvgIpc) is 3.25. The molecule has 0 unspecified atom stereocenters. The topological polar surface area (TPSA) is 134 Å². The van der Waals surface area contributed by atoms with Gasteiger partial charge in [-0.3, -0.25) is 9.78 Å². The molecule has 0 amide bonds. The predicted molar refractivity (Wildman–Crippen MR) is 139 cm³/mol. The van der Waals surface area contributed by atoms with E-state index in [1.807, 2.05) is 39.0 Å². The Balaban J connectivity index is 0.00000176. The van der Waals surface area contributed by atoms with Gasteiger partial charge in [0.1, 0.15) is 35.5 Å². The van der Waals surface area contributed by atoms with Crippen molar-refractivity contribution in [3.8, 4) is 17.0 Å². The molecule has 36 heavy (non-hydrogen) atoms. The molecule has 0 spiro atoms. The summed E-state index contributed by atoms with van der Waals surface area (Å²) >= 11 is 0. The van der Waals surface area contributed by atoms with Crippen molar-refractivity contribution in [1.82, 2.24) is 19.7 Å². The number of carbonyl (C=O) groups is 1. The Morgan fingerprint density at radius 1 is 1.11 bits per heavy atom. The Labute approximate surface area is 209 Å². The zero-order chi connectivity index (χ0) is 26.3. The van der Waals surface area contributed by atoms with Crippen molar-refractivity contribution in [1.29, 1.82) is 0 Å². The third kappa shape index (κ3) is 6.02. The molecule has 0 radical (unpaired) electrons. The first-order valence-electron chi connectivity index (χ1n) is 11.2. The van der Waals surface area contributed by atoms with E-state index in [9.17, 15) is 9.18 Å². The standard InChI is InChI=1S/C25H25FN6O2.CH5N/c1-25(2,3)32-24(30-22-6-4-5-11-28-22)19(14-33)23(31-32)16-7-10-20(27)21(12-16)34-15-18-9-8-17(26)13-29-18;1-2/h4-14H,15,27H2,1-3H3,(H,28,30);2H2,1H3. The van der Waals surface area contributed by atoms with Gasteiger partial charge in [-0.15, -0.1) is 0 Å². The van der Waals surface area contributed by atoms with Gasteiger partial charge in [-0.25, -0.2) is 14.1 Å². The van der Waals surface area contributed by atoms with Crippen molar-refractivity contribution in [3.05, 3.63) is 78.0 Å². The van der Waals surface area contributed by atoms with Crippen molar-refractivity contribution in [2.24, 2.45) is 5.73 Å². The van der Waals surface area contributed by atoms with Gasteiger partial charge in [-0.1, -0.05) is 12.1 Å². The highest BCUT2D eigenvalue weighted by atomic mass is 19.1. The number of halogens is 1. The largest absolute Gasteiger partial charge is 0.485 e. The van der Waals surface area contributed by atoms with Gasteiger partial charge in [0.05, 0.1) is 28.7 Å². The first-order valence-corrected chi connectivity index (χ1v) is 11.2. The fourth-order valence-electron chi connectivity index (χ4n) is 3.37. The molecule has 0 fully saturated rings. The average molecular weight is 492 g/mol. The van der Waals surface area contributed by atoms with E-state index in [0.29, 0.717) is 45.6 Å². The number of anilines is 3. The Kier molecular flexibility index (Phi) is 8.34. The molecule has 4 rings (SSSR count). The lowest BCUT2D eigenvalue weighted by molar-refractivity contribution is 0.112. The molecule has 0 atom stereocenters. The summed E-state index contributed by atoms with van der Waals surface area (Å²) in [5.41, 5.74) is 12.7. The molecular weight excluding hydrogens is 461 g/mol. The number of hydrogen-bond acceptors (Lipinski definition) is 8. The number of nitrogens with zero attached hydrogens (tertiary/aromatic N) is 4. The molecule has 0 aliphatic heterocycles. The van der Waals surface area contributed by atoms with Crippen LogP contribution < -0.4 is 21.5 Å². The van der Waals surface area contributed by atoms with Crippen LogP contribution in [0.15, 0.2) is 60.9 Å². The monoisotopic (exact) mass is 491 g/mol. The van der Waals surface area contributed by atoms with E-state index in [4.69, 9.17) is 15.6 Å². The molecule has 0 bridgehead atoms. The third-order valence-electron chi connectivity index (χ3n) is 5.04. The van der Waals surface area contributed by atoms with Crippen LogP contribution in [-0.2, 0) is 12.1 Å². The molecule has 0 saturated heterocycles. The minimum Gasteiger partial charge on any atom is -0.485 e. The second-order valence-corrected chi connectivity index (χ2v) is 8.66. The maximum atomic E-state index is 13.1. The fraction of sp³-hybridized carbons (Fsp3) is 0.231. The number of ether oxygens (including phenoxy) is 1. The Morgan fingerprint density at radius 3 is 2.50 bits per heavy atom. The summed E-state index contributed by atoms with van der Waals surface area (Å²) in [7, 11) is 1.50. The molecule has 10 heteroatoms. The minimum atomic E-state index is -0.422. The van der Waals surface area contributed by atoms with Gasteiger partial charge in [0.15, 0.2) is 6.29 Å². The van der Waals surface area contributed by atoms with Gasteiger partial charge in [0.2, 0.25) is 0 Å². The smallest absolute Gasteiger partial charge is 0.156 e. The quantitative estimate of drug-likeness (QED) is 0.254. The van der Waals surface area contributed by atoms with Crippen LogP contribution in [0.2, 0.25) is 0 Å². The summed E-state index contributed by atoms with van der Waals surface area (Å²) in [6.07, 6.45) is 3.57. The molecule has 0 aliphatic rings. The predicted octanol–water partition coefficient (Wildman–Crippen LogP) is 4.53. The number of pyridine rings is 2. The van der Waals surface area contributed by atoms with Crippen LogP contribution in [0.25, 0.3) is 11.3 Å². The SMILES string of the molecule is CC(C)(C)n1nc(-c2ccc(N)c(OCc3ccc(F)cn3)c2)c(C=O)c1Nc1ccccn1.CN. The molecule has 3 heterocycles. The minimum absolute atomic E-state index is 0.109. The Morgan fingerprint density at radius 2 is 1.89 bits per heavy atom. The van der Waals surface area contributed by atoms with Gasteiger partial charge in [0.25, 0.3) is 0 Å². The molecular formula is C26H30FN7O2. The first kappa shape index (κ1) is 26.3. The molecule has 0 aliphatic carbocycles. The van der Waals surface area contributed by atoms with Crippen LogP contribution in [0.1, 0.15) is 36.8 Å². The number of benzene rings is 1. The third-order valence-corrected chi connectivity index (χ3v) is 5.04. The van der Waals surface area contributed by atoms with Crippen LogP contribution in [0, 0.1) is 5.82 Å². The van der Waals surface area contributed by atoms with Gasteiger partial charge < -0.3 is 21.5 Å². The summed E-state index contributed by atoms with van der Waals surface area (Å²) < 4.78 is 20.7. The van der Waals surface area contributed by atoms with Gasteiger partial charge >= 0.3 is 0 Å². The number of nitrogens with one attached hydrogen (secondary N) is 1. The van der Waals surface area contributed by atoms with Gasteiger partial charge in [0, 0.05) is 11.8 Å². The van der Waals surface area contributed by atoms with Gasteiger partial charge in [-0.05, 0) is 64.2 Å².